The molecule has 0 aliphatic rings. The summed E-state index contributed by atoms with van der Waals surface area (Å²) < 4.78 is 26.5. The molecule has 0 spiro atoms. The molecule has 0 heterocycles. The Morgan fingerprint density at radius 3 is 2.08 bits per heavy atom. The zero-order valence-electron chi connectivity index (χ0n) is 14.9. The summed E-state index contributed by atoms with van der Waals surface area (Å²) in [5.41, 5.74) is 2.20. The van der Waals surface area contributed by atoms with Crippen LogP contribution in [0.3, 0.4) is 0 Å². The highest BCUT2D eigenvalue weighted by Crippen LogP contribution is 2.20. The Bertz CT molecular complexity index is 770. The van der Waals surface area contributed by atoms with E-state index in [1.54, 1.807) is 12.1 Å². The monoisotopic (exact) mass is 380 g/mol. The van der Waals surface area contributed by atoms with E-state index < -0.39 is 10.0 Å². The molecule has 1 atom stereocenters. The molecule has 2 aromatic carbocycles. The molecule has 2 rings (SSSR count). The van der Waals surface area contributed by atoms with Crippen molar-refractivity contribution in [1.29, 1.82) is 0 Å². The molecule has 0 aliphatic carbocycles. The fourth-order valence-electron chi connectivity index (χ4n) is 2.63. The molecule has 4 nitrogen and oxygen atoms in total. The van der Waals surface area contributed by atoms with Crippen LogP contribution in [-0.4, -0.2) is 25.8 Å². The van der Waals surface area contributed by atoms with Gasteiger partial charge in [0.25, 0.3) is 0 Å². The molecule has 0 fully saturated rings. The molecule has 0 saturated carbocycles. The van der Waals surface area contributed by atoms with Gasteiger partial charge in [0.1, 0.15) is 0 Å². The normalized spacial score (nSPS) is 13.2. The first kappa shape index (κ1) is 19.9. The Balaban J connectivity index is 2.04. The van der Waals surface area contributed by atoms with E-state index >= 15 is 0 Å². The first-order valence-electron chi connectivity index (χ1n) is 8.46. The topological polar surface area (TPSA) is 49.4 Å². The summed E-state index contributed by atoms with van der Waals surface area (Å²) in [4.78, 5) is 0.338. The number of benzene rings is 2. The van der Waals surface area contributed by atoms with E-state index in [1.165, 1.54) is 4.31 Å². The molecule has 0 radical (unpaired) electrons. The molecule has 0 aliphatic heterocycles. The van der Waals surface area contributed by atoms with Crippen LogP contribution in [-0.2, 0) is 16.6 Å². The average Bonchev–Trinajstić information content (AvgIpc) is 2.62. The van der Waals surface area contributed by atoms with E-state index in [0.29, 0.717) is 18.0 Å². The number of rotatable bonds is 8. The molecule has 0 saturated heterocycles. The summed E-state index contributed by atoms with van der Waals surface area (Å²) in [6.07, 6.45) is 0. The van der Waals surface area contributed by atoms with Gasteiger partial charge < -0.3 is 5.32 Å². The number of hydrogen-bond donors (Lipinski definition) is 1. The minimum absolute atomic E-state index is 0.112. The van der Waals surface area contributed by atoms with Gasteiger partial charge in [-0.05, 0) is 42.3 Å². The quantitative estimate of drug-likeness (QED) is 0.745. The van der Waals surface area contributed by atoms with Crippen LogP contribution in [0.4, 0.5) is 0 Å². The first-order valence-corrected chi connectivity index (χ1v) is 10.3. The van der Waals surface area contributed by atoms with Gasteiger partial charge in [0, 0.05) is 30.7 Å². The largest absolute Gasteiger partial charge is 0.306 e. The van der Waals surface area contributed by atoms with E-state index in [1.807, 2.05) is 50.2 Å². The maximum Gasteiger partial charge on any atom is 0.243 e. The predicted octanol–water partition coefficient (Wildman–Crippen LogP) is 4.22. The summed E-state index contributed by atoms with van der Waals surface area (Å²) in [6, 6.07) is 14.9. The van der Waals surface area contributed by atoms with Crippen molar-refractivity contribution in [1.82, 2.24) is 9.62 Å². The van der Waals surface area contributed by atoms with Crippen LogP contribution in [0, 0.1) is 0 Å². The van der Waals surface area contributed by atoms with Gasteiger partial charge in [0.05, 0.1) is 4.90 Å². The molecule has 2 aromatic rings. The van der Waals surface area contributed by atoms with Crippen molar-refractivity contribution in [2.75, 3.05) is 13.1 Å². The maximum atomic E-state index is 12.5. The molecule has 25 heavy (non-hydrogen) atoms. The zero-order valence-corrected chi connectivity index (χ0v) is 16.4. The fourth-order valence-corrected chi connectivity index (χ4v) is 4.22. The average molecular weight is 381 g/mol. The van der Waals surface area contributed by atoms with Crippen molar-refractivity contribution in [3.05, 3.63) is 64.7 Å². The second-order valence-corrected chi connectivity index (χ2v) is 8.26. The smallest absolute Gasteiger partial charge is 0.243 e. The summed E-state index contributed by atoms with van der Waals surface area (Å²) in [7, 11) is -3.40. The predicted molar refractivity (Wildman–Crippen MR) is 103 cm³/mol. The molecule has 1 N–H and O–H groups in total. The summed E-state index contributed by atoms with van der Waals surface area (Å²) in [5.74, 6) is 0. The molecule has 136 valence electrons. The summed E-state index contributed by atoms with van der Waals surface area (Å²) in [5, 5.41) is 4.16. The minimum Gasteiger partial charge on any atom is -0.306 e. The van der Waals surface area contributed by atoms with E-state index in [0.717, 1.165) is 22.7 Å². The van der Waals surface area contributed by atoms with Gasteiger partial charge in [-0.25, -0.2) is 8.42 Å². The van der Waals surface area contributed by atoms with Crippen LogP contribution in [0.15, 0.2) is 53.4 Å². The molecule has 6 heteroatoms. The van der Waals surface area contributed by atoms with Crippen LogP contribution >= 0.6 is 11.6 Å². The SMILES string of the molecule is CCN(CC)S(=O)(=O)c1ccc([C@@H](C)NCc2ccc(Cl)cc2)cc1. The van der Waals surface area contributed by atoms with Crippen molar-refractivity contribution in [2.24, 2.45) is 0 Å². The molecule has 0 aromatic heterocycles. The Hall–Kier alpha value is -1.40. The van der Waals surface area contributed by atoms with Crippen LogP contribution in [0.25, 0.3) is 0 Å². The van der Waals surface area contributed by atoms with Crippen LogP contribution < -0.4 is 5.32 Å². The van der Waals surface area contributed by atoms with Gasteiger partial charge in [-0.15, -0.1) is 0 Å². The third-order valence-electron chi connectivity index (χ3n) is 4.25. The number of sulfonamides is 1. The fraction of sp³-hybridized carbons (Fsp3) is 0.368. The number of halogens is 1. The Labute approximate surface area is 155 Å². The van der Waals surface area contributed by atoms with E-state index in [2.05, 4.69) is 12.2 Å². The van der Waals surface area contributed by atoms with Gasteiger partial charge in [-0.1, -0.05) is 49.7 Å². The summed E-state index contributed by atoms with van der Waals surface area (Å²) >= 11 is 5.89. The van der Waals surface area contributed by atoms with Gasteiger partial charge in [0.15, 0.2) is 0 Å². The van der Waals surface area contributed by atoms with Crippen molar-refractivity contribution in [3.63, 3.8) is 0 Å². The van der Waals surface area contributed by atoms with E-state index in [-0.39, 0.29) is 6.04 Å². The third kappa shape index (κ3) is 5.05. The lowest BCUT2D eigenvalue weighted by Crippen LogP contribution is -2.30. The second-order valence-electron chi connectivity index (χ2n) is 5.89. The summed E-state index contributed by atoms with van der Waals surface area (Å²) in [6.45, 7) is 7.41. The zero-order chi connectivity index (χ0) is 18.4. The highest BCUT2D eigenvalue weighted by Gasteiger charge is 2.21. The Morgan fingerprint density at radius 2 is 1.56 bits per heavy atom. The van der Waals surface area contributed by atoms with Crippen molar-refractivity contribution in [2.45, 2.75) is 38.3 Å². The first-order chi connectivity index (χ1) is 11.9. The third-order valence-corrected chi connectivity index (χ3v) is 6.57. The lowest BCUT2D eigenvalue weighted by atomic mass is 10.1. The highest BCUT2D eigenvalue weighted by atomic mass is 35.5. The van der Waals surface area contributed by atoms with Gasteiger partial charge in [-0.3, -0.25) is 0 Å². The highest BCUT2D eigenvalue weighted by molar-refractivity contribution is 7.89. The van der Waals surface area contributed by atoms with Crippen molar-refractivity contribution in [3.8, 4) is 0 Å². The van der Waals surface area contributed by atoms with Crippen molar-refractivity contribution < 1.29 is 8.42 Å². The van der Waals surface area contributed by atoms with Crippen LogP contribution in [0.1, 0.15) is 37.9 Å². The molecule has 0 bridgehead atoms. The van der Waals surface area contributed by atoms with Crippen molar-refractivity contribution >= 4 is 21.6 Å². The molecule has 0 amide bonds. The number of nitrogens with one attached hydrogen (secondary N) is 1. The molecular formula is C19H25ClN2O2S. The number of hydrogen-bond acceptors (Lipinski definition) is 3. The Morgan fingerprint density at radius 1 is 1.00 bits per heavy atom. The van der Waals surface area contributed by atoms with Crippen LogP contribution in [0.5, 0.6) is 0 Å². The Kier molecular flexibility index (Phi) is 7.02. The lowest BCUT2D eigenvalue weighted by molar-refractivity contribution is 0.445. The minimum atomic E-state index is -3.40. The lowest BCUT2D eigenvalue weighted by Gasteiger charge is -2.19. The number of nitrogens with zero attached hydrogens (tertiary/aromatic N) is 1. The standard InChI is InChI=1S/C19H25ClN2O2S/c1-4-22(5-2)25(23,24)19-12-8-17(9-13-19)15(3)21-14-16-6-10-18(20)11-7-16/h6-13,15,21H,4-5,14H2,1-3H3/t15-/m1/s1. The van der Waals surface area contributed by atoms with Gasteiger partial charge in [-0.2, -0.15) is 4.31 Å². The maximum absolute atomic E-state index is 12.5. The van der Waals surface area contributed by atoms with Gasteiger partial charge in [0.2, 0.25) is 10.0 Å². The second kappa shape index (κ2) is 8.81. The van der Waals surface area contributed by atoms with Gasteiger partial charge >= 0.3 is 0 Å². The van der Waals surface area contributed by atoms with Crippen LogP contribution in [0.2, 0.25) is 5.02 Å². The van der Waals surface area contributed by atoms with E-state index in [9.17, 15) is 8.42 Å². The molecule has 0 unspecified atom stereocenters. The molecular weight excluding hydrogens is 356 g/mol. The van der Waals surface area contributed by atoms with E-state index in [4.69, 9.17) is 11.6 Å².